The lowest BCUT2D eigenvalue weighted by Gasteiger charge is -2.26. The molecule has 1 aliphatic heterocycles. The molecule has 1 fully saturated rings. The van der Waals surface area contributed by atoms with Gasteiger partial charge in [0.25, 0.3) is 0 Å². The van der Waals surface area contributed by atoms with E-state index in [4.69, 9.17) is 4.74 Å². The highest BCUT2D eigenvalue weighted by Gasteiger charge is 2.15. The topological polar surface area (TPSA) is 53.6 Å². The average molecular weight is 379 g/mol. The predicted molar refractivity (Wildman–Crippen MR) is 94.7 cm³/mol. The van der Waals surface area contributed by atoms with E-state index in [1.54, 1.807) is 0 Å². The number of ether oxygens (including phenoxy) is 1. The quantitative estimate of drug-likeness (QED) is 0.784. The van der Waals surface area contributed by atoms with Crippen molar-refractivity contribution in [1.82, 2.24) is 10.2 Å². The number of morpholine rings is 1. The summed E-state index contributed by atoms with van der Waals surface area (Å²) in [5.74, 6) is -4.36. The molecule has 1 aliphatic rings. The Morgan fingerprint density at radius 3 is 2.56 bits per heavy atom. The van der Waals surface area contributed by atoms with Crippen LogP contribution in [0.15, 0.2) is 36.4 Å². The molecule has 0 saturated carbocycles. The van der Waals surface area contributed by atoms with Gasteiger partial charge in [-0.3, -0.25) is 4.90 Å². The minimum Gasteiger partial charge on any atom is -0.379 e. The van der Waals surface area contributed by atoms with Gasteiger partial charge in [0.05, 0.1) is 18.9 Å². The van der Waals surface area contributed by atoms with Gasteiger partial charge in [0.15, 0.2) is 17.5 Å². The Kier molecular flexibility index (Phi) is 6.31. The minimum atomic E-state index is -1.62. The molecule has 0 bridgehead atoms. The Bertz CT molecular complexity index is 811. The molecule has 8 heteroatoms. The monoisotopic (exact) mass is 379 g/mol. The van der Waals surface area contributed by atoms with Gasteiger partial charge in [-0.05, 0) is 23.3 Å². The molecular weight excluding hydrogens is 359 g/mol. The van der Waals surface area contributed by atoms with Gasteiger partial charge in [-0.15, -0.1) is 0 Å². The zero-order valence-corrected chi connectivity index (χ0v) is 14.6. The third-order valence-corrected chi connectivity index (χ3v) is 4.24. The molecule has 0 unspecified atom stereocenters. The van der Waals surface area contributed by atoms with E-state index >= 15 is 0 Å². The number of nitrogens with zero attached hydrogens (tertiary/aromatic N) is 1. The lowest BCUT2D eigenvalue weighted by molar-refractivity contribution is 0.0342. The number of amides is 2. The first kappa shape index (κ1) is 19.2. The summed E-state index contributed by atoms with van der Waals surface area (Å²) in [7, 11) is 0. The van der Waals surface area contributed by atoms with Gasteiger partial charge >= 0.3 is 6.03 Å². The largest absolute Gasteiger partial charge is 0.379 e. The SMILES string of the molecule is O=C(NCc1cccc(CN2CCOCC2)c1)Nc1ccc(F)c(F)c1F. The molecular formula is C19H20F3N3O2. The van der Waals surface area contributed by atoms with Crippen LogP contribution < -0.4 is 10.6 Å². The van der Waals surface area contributed by atoms with Crippen LogP contribution >= 0.6 is 0 Å². The summed E-state index contributed by atoms with van der Waals surface area (Å²) in [5, 5.41) is 4.75. The van der Waals surface area contributed by atoms with Crippen LogP contribution in [-0.2, 0) is 17.8 Å². The standard InChI is InChI=1S/C19H20F3N3O2/c20-15-4-5-16(18(22)17(15)21)24-19(26)23-11-13-2-1-3-14(10-13)12-25-6-8-27-9-7-25/h1-5,10H,6-9,11-12H2,(H2,23,24,26). The fourth-order valence-corrected chi connectivity index (χ4v) is 2.83. The maximum absolute atomic E-state index is 13.6. The molecule has 0 radical (unpaired) electrons. The van der Waals surface area contributed by atoms with E-state index < -0.39 is 29.2 Å². The van der Waals surface area contributed by atoms with Gasteiger partial charge < -0.3 is 15.4 Å². The third kappa shape index (κ3) is 5.21. The lowest BCUT2D eigenvalue weighted by atomic mass is 10.1. The van der Waals surface area contributed by atoms with Gasteiger partial charge in [0.1, 0.15) is 0 Å². The second kappa shape index (κ2) is 8.88. The van der Waals surface area contributed by atoms with Gasteiger partial charge in [-0.1, -0.05) is 24.3 Å². The molecule has 0 aliphatic carbocycles. The van der Waals surface area contributed by atoms with Gasteiger partial charge in [0.2, 0.25) is 0 Å². The number of nitrogens with one attached hydrogen (secondary N) is 2. The first-order valence-electron chi connectivity index (χ1n) is 8.59. The zero-order valence-electron chi connectivity index (χ0n) is 14.6. The Labute approximate surface area is 155 Å². The molecule has 0 atom stereocenters. The zero-order chi connectivity index (χ0) is 19.2. The van der Waals surface area contributed by atoms with Crippen molar-refractivity contribution < 1.29 is 22.7 Å². The van der Waals surface area contributed by atoms with Crippen LogP contribution in [0.1, 0.15) is 11.1 Å². The van der Waals surface area contributed by atoms with Crippen LogP contribution in [0.5, 0.6) is 0 Å². The highest BCUT2D eigenvalue weighted by atomic mass is 19.2. The summed E-state index contributed by atoms with van der Waals surface area (Å²) in [6, 6.07) is 8.77. The molecule has 5 nitrogen and oxygen atoms in total. The molecule has 2 aromatic rings. The van der Waals surface area contributed by atoms with Crippen LogP contribution in [-0.4, -0.2) is 37.2 Å². The van der Waals surface area contributed by atoms with E-state index in [-0.39, 0.29) is 6.54 Å². The second-order valence-electron chi connectivity index (χ2n) is 6.24. The number of rotatable bonds is 5. The highest BCUT2D eigenvalue weighted by molar-refractivity contribution is 5.89. The molecule has 144 valence electrons. The number of hydrogen-bond donors (Lipinski definition) is 2. The number of benzene rings is 2. The summed E-state index contributed by atoms with van der Waals surface area (Å²) in [5.41, 5.74) is 1.57. The Hall–Kier alpha value is -2.58. The molecule has 0 spiro atoms. The van der Waals surface area contributed by atoms with Crippen molar-refractivity contribution >= 4 is 11.7 Å². The van der Waals surface area contributed by atoms with Crippen LogP contribution in [0.25, 0.3) is 0 Å². The van der Waals surface area contributed by atoms with Crippen molar-refractivity contribution in [2.24, 2.45) is 0 Å². The maximum atomic E-state index is 13.6. The fourth-order valence-electron chi connectivity index (χ4n) is 2.83. The summed E-state index contributed by atoms with van der Waals surface area (Å²) >= 11 is 0. The molecule has 27 heavy (non-hydrogen) atoms. The van der Waals surface area contributed by atoms with Crippen molar-refractivity contribution in [2.45, 2.75) is 13.1 Å². The first-order valence-corrected chi connectivity index (χ1v) is 8.59. The normalized spacial score (nSPS) is 14.8. The van der Waals surface area contributed by atoms with Crippen LogP contribution in [0.2, 0.25) is 0 Å². The summed E-state index contributed by atoms with van der Waals surface area (Å²) < 4.78 is 45.0. The summed E-state index contributed by atoms with van der Waals surface area (Å²) in [6.07, 6.45) is 0. The van der Waals surface area contributed by atoms with Crippen LogP contribution in [0.3, 0.4) is 0 Å². The van der Waals surface area contributed by atoms with Gasteiger partial charge in [-0.2, -0.15) is 0 Å². The Balaban J connectivity index is 1.54. The highest BCUT2D eigenvalue weighted by Crippen LogP contribution is 2.19. The van der Waals surface area contributed by atoms with E-state index in [0.29, 0.717) is 0 Å². The lowest BCUT2D eigenvalue weighted by Crippen LogP contribution is -2.35. The maximum Gasteiger partial charge on any atom is 0.319 e. The van der Waals surface area contributed by atoms with E-state index in [9.17, 15) is 18.0 Å². The number of carbonyl (C=O) groups is 1. The predicted octanol–water partition coefficient (Wildman–Crippen LogP) is 3.26. The fraction of sp³-hybridized carbons (Fsp3) is 0.316. The number of halogens is 3. The van der Waals surface area contributed by atoms with E-state index in [1.807, 2.05) is 24.3 Å². The molecule has 1 saturated heterocycles. The minimum absolute atomic E-state index is 0.216. The molecule has 2 amide bonds. The van der Waals surface area contributed by atoms with Crippen molar-refractivity contribution in [2.75, 3.05) is 31.6 Å². The average Bonchev–Trinajstić information content (AvgIpc) is 2.68. The van der Waals surface area contributed by atoms with Crippen molar-refractivity contribution in [3.8, 4) is 0 Å². The van der Waals surface area contributed by atoms with Crippen molar-refractivity contribution in [3.05, 3.63) is 65.0 Å². The van der Waals surface area contributed by atoms with Crippen molar-refractivity contribution in [3.63, 3.8) is 0 Å². The molecule has 3 rings (SSSR count). The number of urea groups is 1. The van der Waals surface area contributed by atoms with Crippen LogP contribution in [0, 0.1) is 17.5 Å². The molecule has 2 aromatic carbocycles. The molecule has 2 N–H and O–H groups in total. The van der Waals surface area contributed by atoms with Crippen molar-refractivity contribution in [1.29, 1.82) is 0 Å². The molecule has 1 heterocycles. The number of carbonyl (C=O) groups excluding carboxylic acids is 1. The number of anilines is 1. The van der Waals surface area contributed by atoms with E-state index in [0.717, 1.165) is 56.1 Å². The summed E-state index contributed by atoms with van der Waals surface area (Å²) in [6.45, 7) is 4.22. The van der Waals surface area contributed by atoms with E-state index in [1.165, 1.54) is 0 Å². The first-order chi connectivity index (χ1) is 13.0. The smallest absolute Gasteiger partial charge is 0.319 e. The number of hydrogen-bond acceptors (Lipinski definition) is 3. The van der Waals surface area contributed by atoms with Crippen LogP contribution in [0.4, 0.5) is 23.7 Å². The molecule has 0 aromatic heterocycles. The third-order valence-electron chi connectivity index (χ3n) is 4.24. The second-order valence-corrected chi connectivity index (χ2v) is 6.24. The van der Waals surface area contributed by atoms with Gasteiger partial charge in [-0.25, -0.2) is 18.0 Å². The Morgan fingerprint density at radius 1 is 1.04 bits per heavy atom. The van der Waals surface area contributed by atoms with E-state index in [2.05, 4.69) is 15.5 Å². The Morgan fingerprint density at radius 2 is 1.78 bits per heavy atom. The summed E-state index contributed by atoms with van der Waals surface area (Å²) in [4.78, 5) is 14.2. The van der Waals surface area contributed by atoms with Gasteiger partial charge in [0, 0.05) is 26.2 Å².